The van der Waals surface area contributed by atoms with Crippen LogP contribution in [0, 0.1) is 0 Å². The van der Waals surface area contributed by atoms with Crippen LogP contribution in [0.2, 0.25) is 5.02 Å². The Balaban J connectivity index is 0.00000242. The largest absolute Gasteiger partial charge is 0.387 e. The van der Waals surface area contributed by atoms with Crippen LogP contribution in [0.5, 0.6) is 0 Å². The van der Waals surface area contributed by atoms with Crippen molar-refractivity contribution in [3.63, 3.8) is 0 Å². The first-order valence-electron chi connectivity index (χ1n) is 6.75. The average Bonchev–Trinajstić information content (AvgIpc) is 2.52. The molecule has 1 aromatic heterocycles. The Labute approximate surface area is 159 Å². The van der Waals surface area contributed by atoms with Gasteiger partial charge in [0.05, 0.1) is 18.1 Å². The van der Waals surface area contributed by atoms with E-state index in [9.17, 15) is 0 Å². The summed E-state index contributed by atoms with van der Waals surface area (Å²) in [7, 11) is 0. The minimum Gasteiger partial charge on any atom is -0.387 e. The summed E-state index contributed by atoms with van der Waals surface area (Å²) in [6.07, 6.45) is 2.61. The van der Waals surface area contributed by atoms with Crippen LogP contribution in [0.25, 0.3) is 0 Å². The molecule has 0 bridgehead atoms. The molecule has 2 rings (SSSR count). The minimum atomic E-state index is 0. The number of thioether (sulfide) groups is 1. The van der Waals surface area contributed by atoms with Gasteiger partial charge in [0.1, 0.15) is 0 Å². The molecule has 0 fully saturated rings. The molecule has 0 aliphatic carbocycles. The summed E-state index contributed by atoms with van der Waals surface area (Å²) in [6, 6.07) is 13.6. The van der Waals surface area contributed by atoms with Gasteiger partial charge in [-0.05, 0) is 29.8 Å². The van der Waals surface area contributed by atoms with Gasteiger partial charge < -0.3 is 5.73 Å². The molecule has 0 saturated carbocycles. The lowest BCUT2D eigenvalue weighted by Crippen LogP contribution is -2.13. The quantitative estimate of drug-likeness (QED) is 0.420. The Morgan fingerprint density at radius 3 is 2.52 bits per heavy atom. The topological polar surface area (TPSA) is 51.3 Å². The number of rotatable bonds is 7. The first kappa shape index (κ1) is 22.1. The van der Waals surface area contributed by atoms with Crippen molar-refractivity contribution in [2.45, 2.75) is 18.7 Å². The molecule has 0 aliphatic rings. The highest BCUT2D eigenvalue weighted by Crippen LogP contribution is 2.12. The van der Waals surface area contributed by atoms with Gasteiger partial charge in [-0.25, -0.2) is 0 Å². The standard InChI is InChI=1S/C16H18ClN3S.2ClH/c17-14-6-4-13(5-7-14)11-20-16(18)8-10-21-12-15-3-1-2-9-19-15;;/h1-7,9H,8,10-12H2,(H2,18,20);2*1H. The Bertz CT molecular complexity index is 577. The van der Waals surface area contributed by atoms with Crippen molar-refractivity contribution in [3.8, 4) is 0 Å². The van der Waals surface area contributed by atoms with E-state index in [0.717, 1.165) is 34.2 Å². The van der Waals surface area contributed by atoms with Crippen LogP contribution >= 0.6 is 48.2 Å². The Hall–Kier alpha value is -0.940. The fourth-order valence-electron chi connectivity index (χ4n) is 1.70. The SMILES string of the molecule is Cl.Cl.NC(CCSCc1ccccn1)=NCc1ccc(Cl)cc1. The van der Waals surface area contributed by atoms with Gasteiger partial charge in [0, 0.05) is 29.1 Å². The summed E-state index contributed by atoms with van der Waals surface area (Å²) in [6.45, 7) is 0.605. The monoisotopic (exact) mass is 391 g/mol. The van der Waals surface area contributed by atoms with E-state index in [2.05, 4.69) is 9.98 Å². The summed E-state index contributed by atoms with van der Waals surface area (Å²) in [5, 5.41) is 0.738. The molecule has 2 N–H and O–H groups in total. The van der Waals surface area contributed by atoms with Gasteiger partial charge >= 0.3 is 0 Å². The molecule has 0 aliphatic heterocycles. The maximum Gasteiger partial charge on any atom is 0.0949 e. The molecule has 0 spiro atoms. The number of nitrogens with two attached hydrogens (primary N) is 1. The zero-order chi connectivity index (χ0) is 14.9. The number of benzene rings is 1. The molecule has 1 aromatic carbocycles. The number of hydrogen-bond donors (Lipinski definition) is 1. The first-order chi connectivity index (χ1) is 10.2. The third-order valence-corrected chi connectivity index (χ3v) is 4.10. The molecule has 3 nitrogen and oxygen atoms in total. The number of halogens is 3. The summed E-state index contributed by atoms with van der Waals surface area (Å²) in [5.74, 6) is 2.55. The fourth-order valence-corrected chi connectivity index (χ4v) is 2.70. The fraction of sp³-hybridized carbons (Fsp3) is 0.250. The molecule has 0 unspecified atom stereocenters. The van der Waals surface area contributed by atoms with Crippen molar-refractivity contribution < 1.29 is 0 Å². The van der Waals surface area contributed by atoms with Crippen molar-refractivity contribution in [3.05, 3.63) is 64.9 Å². The van der Waals surface area contributed by atoms with Crippen molar-refractivity contribution >= 4 is 54.0 Å². The van der Waals surface area contributed by atoms with Crippen molar-refractivity contribution in [1.82, 2.24) is 4.98 Å². The van der Waals surface area contributed by atoms with Gasteiger partial charge in [0.15, 0.2) is 0 Å². The lowest BCUT2D eigenvalue weighted by atomic mass is 10.2. The number of aliphatic imine (C=N–C) groups is 1. The third kappa shape index (κ3) is 9.06. The molecule has 2 aromatic rings. The zero-order valence-corrected chi connectivity index (χ0v) is 15.7. The van der Waals surface area contributed by atoms with Crippen LogP contribution in [-0.2, 0) is 12.3 Å². The molecule has 0 amide bonds. The van der Waals surface area contributed by atoms with Gasteiger partial charge in [-0.2, -0.15) is 11.8 Å². The van der Waals surface area contributed by atoms with Crippen LogP contribution < -0.4 is 5.73 Å². The highest BCUT2D eigenvalue weighted by atomic mass is 35.5. The van der Waals surface area contributed by atoms with Crippen molar-refractivity contribution in [2.24, 2.45) is 10.7 Å². The van der Waals surface area contributed by atoms with Crippen LogP contribution in [0.3, 0.4) is 0 Å². The van der Waals surface area contributed by atoms with Gasteiger partial charge in [-0.1, -0.05) is 29.8 Å². The minimum absolute atomic E-state index is 0. The van der Waals surface area contributed by atoms with E-state index in [-0.39, 0.29) is 24.8 Å². The summed E-state index contributed by atoms with van der Waals surface area (Å²) >= 11 is 7.66. The second-order valence-corrected chi connectivity index (χ2v) is 6.10. The lowest BCUT2D eigenvalue weighted by molar-refractivity contribution is 1.04. The van der Waals surface area contributed by atoms with E-state index < -0.39 is 0 Å². The van der Waals surface area contributed by atoms with Crippen LogP contribution in [0.1, 0.15) is 17.7 Å². The smallest absolute Gasteiger partial charge is 0.0949 e. The molecule has 126 valence electrons. The van der Waals surface area contributed by atoms with E-state index in [4.69, 9.17) is 17.3 Å². The van der Waals surface area contributed by atoms with Crippen LogP contribution in [0.4, 0.5) is 0 Å². The van der Waals surface area contributed by atoms with Crippen molar-refractivity contribution in [1.29, 1.82) is 0 Å². The van der Waals surface area contributed by atoms with E-state index in [1.54, 1.807) is 0 Å². The van der Waals surface area contributed by atoms with Gasteiger partial charge in [0.2, 0.25) is 0 Å². The van der Waals surface area contributed by atoms with Crippen LogP contribution in [-0.4, -0.2) is 16.6 Å². The molecule has 0 saturated heterocycles. The van der Waals surface area contributed by atoms with E-state index >= 15 is 0 Å². The van der Waals surface area contributed by atoms with E-state index in [0.29, 0.717) is 12.4 Å². The number of aromatic nitrogens is 1. The summed E-state index contributed by atoms with van der Waals surface area (Å²) in [5.41, 5.74) is 8.14. The molecular weight excluding hydrogens is 373 g/mol. The molecule has 23 heavy (non-hydrogen) atoms. The predicted octanol–water partition coefficient (Wildman–Crippen LogP) is 4.76. The number of amidine groups is 1. The molecule has 0 radical (unpaired) electrons. The number of pyridine rings is 1. The Morgan fingerprint density at radius 1 is 1.13 bits per heavy atom. The first-order valence-corrected chi connectivity index (χ1v) is 8.28. The highest BCUT2D eigenvalue weighted by Gasteiger charge is 1.97. The molecule has 1 heterocycles. The van der Waals surface area contributed by atoms with E-state index in [1.165, 1.54) is 0 Å². The highest BCUT2D eigenvalue weighted by molar-refractivity contribution is 7.98. The number of hydrogen-bond acceptors (Lipinski definition) is 3. The number of nitrogens with zero attached hydrogens (tertiary/aromatic N) is 2. The van der Waals surface area contributed by atoms with E-state index in [1.807, 2.05) is 60.4 Å². The Morgan fingerprint density at radius 2 is 1.87 bits per heavy atom. The molecular formula is C16H20Cl3N3S. The summed E-state index contributed by atoms with van der Waals surface area (Å²) in [4.78, 5) is 8.68. The second-order valence-electron chi connectivity index (χ2n) is 4.56. The van der Waals surface area contributed by atoms with Crippen molar-refractivity contribution in [2.75, 3.05) is 5.75 Å². The zero-order valence-electron chi connectivity index (χ0n) is 12.5. The lowest BCUT2D eigenvalue weighted by Gasteiger charge is -2.02. The van der Waals surface area contributed by atoms with Gasteiger partial charge in [-0.3, -0.25) is 9.98 Å². The third-order valence-electron chi connectivity index (χ3n) is 2.86. The molecule has 0 atom stereocenters. The molecule has 7 heteroatoms. The summed E-state index contributed by atoms with van der Waals surface area (Å²) < 4.78 is 0. The Kier molecular flexibility index (Phi) is 12.0. The maximum absolute atomic E-state index is 5.93. The van der Waals surface area contributed by atoms with Gasteiger partial charge in [-0.15, -0.1) is 24.8 Å². The second kappa shape index (κ2) is 12.5. The van der Waals surface area contributed by atoms with Gasteiger partial charge in [0.25, 0.3) is 0 Å². The normalized spacial score (nSPS) is 10.6. The van der Waals surface area contributed by atoms with Crippen LogP contribution in [0.15, 0.2) is 53.7 Å². The predicted molar refractivity (Wildman–Crippen MR) is 106 cm³/mol. The maximum atomic E-state index is 5.93. The average molecular weight is 393 g/mol.